The molecule has 0 radical (unpaired) electrons. The molecular formula is C61H36N6O. The molecule has 2 aliphatic rings. The number of rotatable bonds is 6. The van der Waals surface area contributed by atoms with E-state index in [1.165, 1.54) is 33.4 Å². The van der Waals surface area contributed by atoms with Gasteiger partial charge in [0, 0.05) is 44.2 Å². The average molecular weight is 869 g/mol. The van der Waals surface area contributed by atoms with Crippen LogP contribution >= 0.6 is 0 Å². The van der Waals surface area contributed by atoms with E-state index in [0.29, 0.717) is 34.9 Å². The van der Waals surface area contributed by atoms with Crippen molar-refractivity contribution in [1.29, 1.82) is 0 Å². The van der Waals surface area contributed by atoms with Crippen LogP contribution in [0.1, 0.15) is 22.3 Å². The molecule has 316 valence electrons. The van der Waals surface area contributed by atoms with Crippen LogP contribution in [0.2, 0.25) is 0 Å². The molecule has 0 saturated heterocycles. The fraction of sp³-hybridized carbons (Fsp3) is 0.0164. The van der Waals surface area contributed by atoms with Crippen LogP contribution in [-0.2, 0) is 5.41 Å². The normalized spacial score (nSPS) is 14.2. The Morgan fingerprint density at radius 3 is 1.25 bits per heavy atom. The first-order chi connectivity index (χ1) is 33.7. The molecule has 14 rings (SSSR count). The molecule has 7 heteroatoms. The molecule has 68 heavy (non-hydrogen) atoms. The first-order valence-corrected chi connectivity index (χ1v) is 22.8. The minimum Gasteiger partial charge on any atom is -0.455 e. The van der Waals surface area contributed by atoms with E-state index in [1.54, 1.807) is 0 Å². The van der Waals surface area contributed by atoms with E-state index in [4.69, 9.17) is 34.3 Å². The standard InChI is InChI=1S/C61H36N6O/c1-5-18-37(19-6-1)55-62-56(38-20-7-2-8-21-38)65-59(64-55)41-32-33-43-42-26-13-15-30-48(42)61(51(43)36-41)49-31-16-14-27-46(49)52-50(61)35-34-45-44-28-17-29-47(53(44)68-54(45)52)60-66-57(39-22-9-3-10-23-39)63-58(67-60)40-24-11-4-12-25-40/h1-36H/t61-/m0/s1. The van der Waals surface area contributed by atoms with E-state index in [9.17, 15) is 0 Å². The number of para-hydroxylation sites is 1. The van der Waals surface area contributed by atoms with Gasteiger partial charge in [0.05, 0.1) is 11.0 Å². The maximum absolute atomic E-state index is 7.28. The lowest BCUT2D eigenvalue weighted by Crippen LogP contribution is -2.25. The lowest BCUT2D eigenvalue weighted by molar-refractivity contribution is 0.669. The smallest absolute Gasteiger partial charge is 0.167 e. The summed E-state index contributed by atoms with van der Waals surface area (Å²) in [6, 6.07) is 75.6. The maximum atomic E-state index is 7.28. The zero-order valence-electron chi connectivity index (χ0n) is 36.4. The molecule has 0 unspecified atom stereocenters. The van der Waals surface area contributed by atoms with Crippen molar-refractivity contribution in [3.05, 3.63) is 241 Å². The molecule has 1 spiro atoms. The van der Waals surface area contributed by atoms with Crippen LogP contribution in [0.15, 0.2) is 223 Å². The van der Waals surface area contributed by atoms with Gasteiger partial charge in [0.15, 0.2) is 34.9 Å². The third-order valence-corrected chi connectivity index (χ3v) is 13.6. The Labute approximate surface area is 391 Å². The molecule has 1 atom stereocenters. The highest BCUT2D eigenvalue weighted by Gasteiger charge is 2.52. The lowest BCUT2D eigenvalue weighted by atomic mass is 9.70. The Hall–Kier alpha value is -9.20. The fourth-order valence-corrected chi connectivity index (χ4v) is 10.7. The first-order valence-electron chi connectivity index (χ1n) is 22.8. The average Bonchev–Trinajstić information content (AvgIpc) is 4.06. The van der Waals surface area contributed by atoms with Crippen LogP contribution in [0.4, 0.5) is 0 Å². The monoisotopic (exact) mass is 868 g/mol. The number of furan rings is 1. The third kappa shape index (κ3) is 5.66. The van der Waals surface area contributed by atoms with Crippen molar-refractivity contribution >= 4 is 21.9 Å². The zero-order chi connectivity index (χ0) is 44.8. The van der Waals surface area contributed by atoms with Crippen LogP contribution < -0.4 is 0 Å². The van der Waals surface area contributed by atoms with E-state index in [-0.39, 0.29) is 0 Å². The summed E-state index contributed by atoms with van der Waals surface area (Å²) < 4.78 is 7.28. The van der Waals surface area contributed by atoms with E-state index >= 15 is 0 Å². The quantitative estimate of drug-likeness (QED) is 0.164. The minimum absolute atomic E-state index is 0.547. The molecule has 0 aliphatic heterocycles. The van der Waals surface area contributed by atoms with Gasteiger partial charge < -0.3 is 4.42 Å². The lowest BCUT2D eigenvalue weighted by Gasteiger charge is -2.30. The molecule has 0 N–H and O–H groups in total. The van der Waals surface area contributed by atoms with Gasteiger partial charge in [0.1, 0.15) is 11.2 Å². The van der Waals surface area contributed by atoms with Gasteiger partial charge >= 0.3 is 0 Å². The molecule has 0 amide bonds. The van der Waals surface area contributed by atoms with E-state index in [1.807, 2.05) is 121 Å². The summed E-state index contributed by atoms with van der Waals surface area (Å²) in [5, 5.41) is 2.02. The van der Waals surface area contributed by atoms with Crippen molar-refractivity contribution in [2.45, 2.75) is 5.41 Å². The minimum atomic E-state index is -0.662. The predicted octanol–water partition coefficient (Wildman–Crippen LogP) is 14.3. The van der Waals surface area contributed by atoms with E-state index in [2.05, 4.69) is 97.1 Å². The number of hydrogen-bond donors (Lipinski definition) is 0. The largest absolute Gasteiger partial charge is 0.455 e. The van der Waals surface area contributed by atoms with Crippen LogP contribution in [0.3, 0.4) is 0 Å². The van der Waals surface area contributed by atoms with Crippen LogP contribution in [0.5, 0.6) is 0 Å². The summed E-state index contributed by atoms with van der Waals surface area (Å²) >= 11 is 0. The van der Waals surface area contributed by atoms with Crippen molar-refractivity contribution in [2.75, 3.05) is 0 Å². The summed E-state index contributed by atoms with van der Waals surface area (Å²) in [6.45, 7) is 0. The second-order valence-electron chi connectivity index (χ2n) is 17.3. The van der Waals surface area contributed by atoms with Gasteiger partial charge in [-0.3, -0.25) is 0 Å². The van der Waals surface area contributed by atoms with Crippen LogP contribution in [-0.4, -0.2) is 29.9 Å². The van der Waals surface area contributed by atoms with Crippen LogP contribution in [0.25, 0.3) is 113 Å². The zero-order valence-corrected chi connectivity index (χ0v) is 36.4. The van der Waals surface area contributed by atoms with E-state index < -0.39 is 5.41 Å². The Bertz CT molecular complexity index is 3850. The van der Waals surface area contributed by atoms with Gasteiger partial charge in [0.25, 0.3) is 0 Å². The number of aromatic nitrogens is 6. The SMILES string of the molecule is c1ccc(-c2nc(-c3ccccc3)nc(-c3ccc4c(c3)[C@@]3(c5ccccc5-4)c4ccccc4-c4c3ccc3c4oc4c(-c5nc(-c6ccccc6)nc(-c6ccccc6)n5)cccc43)n2)cc1. The Kier molecular flexibility index (Phi) is 8.36. The molecule has 0 bridgehead atoms. The third-order valence-electron chi connectivity index (χ3n) is 13.6. The second kappa shape index (κ2) is 14.9. The topological polar surface area (TPSA) is 90.5 Å². The number of fused-ring (bicyclic) bond motifs is 14. The number of nitrogens with zero attached hydrogens (tertiary/aromatic N) is 6. The van der Waals surface area contributed by atoms with Crippen molar-refractivity contribution in [1.82, 2.24) is 29.9 Å². The van der Waals surface area contributed by atoms with Crippen molar-refractivity contribution in [3.63, 3.8) is 0 Å². The Balaban J connectivity index is 0.996. The molecule has 3 aromatic heterocycles. The number of benzene rings is 9. The summed E-state index contributed by atoms with van der Waals surface area (Å²) in [5.41, 5.74) is 15.7. The molecule has 0 fully saturated rings. The fourth-order valence-electron chi connectivity index (χ4n) is 10.7. The molecule has 7 nitrogen and oxygen atoms in total. The molecule has 0 saturated carbocycles. The van der Waals surface area contributed by atoms with E-state index in [0.717, 1.165) is 66.4 Å². The summed E-state index contributed by atoms with van der Waals surface area (Å²) in [5.74, 6) is 3.61. The van der Waals surface area contributed by atoms with Crippen molar-refractivity contribution in [2.24, 2.45) is 0 Å². The van der Waals surface area contributed by atoms with Gasteiger partial charge in [-0.1, -0.05) is 206 Å². The summed E-state index contributed by atoms with van der Waals surface area (Å²) in [7, 11) is 0. The van der Waals surface area contributed by atoms with Gasteiger partial charge in [-0.15, -0.1) is 0 Å². The molecule has 9 aromatic carbocycles. The predicted molar refractivity (Wildman–Crippen MR) is 269 cm³/mol. The van der Waals surface area contributed by atoms with Gasteiger partial charge in [-0.2, -0.15) is 0 Å². The highest BCUT2D eigenvalue weighted by molar-refractivity contribution is 6.15. The summed E-state index contributed by atoms with van der Waals surface area (Å²) in [6.07, 6.45) is 0. The molecular weight excluding hydrogens is 833 g/mol. The first kappa shape index (κ1) is 38.1. The molecule has 2 aliphatic carbocycles. The Morgan fingerprint density at radius 1 is 0.265 bits per heavy atom. The van der Waals surface area contributed by atoms with Gasteiger partial charge in [-0.25, -0.2) is 29.9 Å². The summed E-state index contributed by atoms with van der Waals surface area (Å²) in [4.78, 5) is 30.5. The second-order valence-corrected chi connectivity index (χ2v) is 17.3. The highest BCUT2D eigenvalue weighted by atomic mass is 16.3. The molecule has 3 heterocycles. The van der Waals surface area contributed by atoms with Crippen molar-refractivity contribution < 1.29 is 4.42 Å². The van der Waals surface area contributed by atoms with Crippen LogP contribution in [0, 0.1) is 0 Å². The van der Waals surface area contributed by atoms with Crippen molar-refractivity contribution in [3.8, 4) is 90.6 Å². The molecule has 12 aromatic rings. The maximum Gasteiger partial charge on any atom is 0.167 e. The number of hydrogen-bond acceptors (Lipinski definition) is 7. The van der Waals surface area contributed by atoms with Gasteiger partial charge in [-0.05, 0) is 51.1 Å². The Morgan fingerprint density at radius 2 is 0.691 bits per heavy atom. The highest BCUT2D eigenvalue weighted by Crippen LogP contribution is 2.64. The van der Waals surface area contributed by atoms with Gasteiger partial charge in [0.2, 0.25) is 0 Å².